The van der Waals surface area contributed by atoms with E-state index in [0.717, 1.165) is 10.9 Å². The summed E-state index contributed by atoms with van der Waals surface area (Å²) in [6.45, 7) is 1.55. The number of guanidine groups is 3. The number of carbonyl (C=O) groups is 8. The Morgan fingerprint density at radius 3 is 1.65 bits per heavy atom. The van der Waals surface area contributed by atoms with Crippen molar-refractivity contribution in [1.82, 2.24) is 42.2 Å². The topological polar surface area (TPSA) is 476 Å². The molecule has 7 amide bonds. The zero-order valence-electron chi connectivity index (χ0n) is 42.3. The first-order valence-corrected chi connectivity index (χ1v) is 26.4. The van der Waals surface area contributed by atoms with Crippen molar-refractivity contribution in [2.45, 2.75) is 105 Å². The molecule has 0 aliphatic rings. The fraction of sp³-hybridized carbons (Fsp3) is 0.468. The van der Waals surface area contributed by atoms with Crippen LogP contribution in [-0.2, 0) is 51.2 Å². The van der Waals surface area contributed by atoms with Gasteiger partial charge >= 0.3 is 5.97 Å². The summed E-state index contributed by atoms with van der Waals surface area (Å²) >= 11 is 11.7. The van der Waals surface area contributed by atoms with Gasteiger partial charge in [0.1, 0.15) is 42.3 Å². The summed E-state index contributed by atoms with van der Waals surface area (Å²) in [5, 5.41) is 28.6. The molecular formula is C47H71BrN18O9S2. The molecule has 23 N–H and O–H groups in total. The number of hydrogen-bond donors (Lipinski definition) is 18. The van der Waals surface area contributed by atoms with Gasteiger partial charge in [0.15, 0.2) is 17.9 Å². The van der Waals surface area contributed by atoms with Gasteiger partial charge in [-0.2, -0.15) is 25.3 Å². The van der Waals surface area contributed by atoms with Crippen LogP contribution in [0.2, 0.25) is 0 Å². The van der Waals surface area contributed by atoms with E-state index in [4.69, 9.17) is 40.1 Å². The van der Waals surface area contributed by atoms with Crippen LogP contribution in [-0.4, -0.2) is 160 Å². The maximum absolute atomic E-state index is 14.7. The highest BCUT2D eigenvalue weighted by Crippen LogP contribution is 2.20. The lowest BCUT2D eigenvalue weighted by Crippen LogP contribution is -2.60. The van der Waals surface area contributed by atoms with E-state index < -0.39 is 100 Å². The monoisotopic (exact) mass is 1170 g/mol. The van der Waals surface area contributed by atoms with Crippen LogP contribution >= 0.6 is 41.2 Å². The second-order valence-electron chi connectivity index (χ2n) is 17.7. The number of carbonyl (C=O) groups excluding carboxylic acids is 7. The molecule has 27 nitrogen and oxygen atoms in total. The number of H-pyrrole nitrogens is 1. The molecule has 77 heavy (non-hydrogen) atoms. The summed E-state index contributed by atoms with van der Waals surface area (Å²) < 4.78 is 0. The third-order valence-electron chi connectivity index (χ3n) is 11.5. The molecule has 3 rings (SSSR count). The minimum Gasteiger partial charge on any atom is -0.480 e. The van der Waals surface area contributed by atoms with Crippen molar-refractivity contribution in [2.24, 2.45) is 55.1 Å². The van der Waals surface area contributed by atoms with Gasteiger partial charge in [0.2, 0.25) is 41.4 Å². The fourth-order valence-corrected chi connectivity index (χ4v) is 8.42. The summed E-state index contributed by atoms with van der Waals surface area (Å²) in [4.78, 5) is 124. The van der Waals surface area contributed by atoms with Gasteiger partial charge in [-0.1, -0.05) is 64.5 Å². The maximum atomic E-state index is 14.7. The number of fused-ring (bicyclic) bond motifs is 1. The zero-order valence-corrected chi connectivity index (χ0v) is 45.7. The number of aliphatic imine (C=N–C) groups is 3. The number of carboxylic acid groups (broad SMARTS) is 1. The van der Waals surface area contributed by atoms with Gasteiger partial charge < -0.3 is 87.4 Å². The van der Waals surface area contributed by atoms with E-state index in [9.17, 15) is 43.5 Å². The standard InChI is InChI=1S/C47H71BrN18O9S2/c1-24(60-43(73)35(22-76)65-38(68)29(49)12-7-15-56-45(50)51)37(67)61-31(14-8-16-57-46(52)53)39(69)62-32(17-25-9-3-2-4-10-25)40(70)64-34(19-27(48)21-59-47(54)55)42(72)63-33(41(71)66-36(23-77)44(74)75)18-26-20-58-30-13-6-5-11-28(26)30/h2-6,9-11,13,20,24,27,29,31-36,58,76-77H,7-8,12,14-19,21-23,49H2,1H3,(H,60,73)(H,61,67)(H,62,69)(H,63,72)(H,64,70)(H,65,68)(H,66,71)(H,74,75)(H4,50,51,56)(H4,52,53,57)(H4,54,55,59)/t24-,27?,29+,31+,32+,33-,34+,35+,36+/m1/s1. The number of hydrogen-bond acceptors (Lipinski definition) is 14. The molecular weight excluding hydrogens is 1100 g/mol. The molecule has 1 unspecified atom stereocenters. The molecule has 9 atom stereocenters. The number of nitrogens with two attached hydrogens (primary N) is 7. The Balaban J connectivity index is 1.95. The van der Waals surface area contributed by atoms with E-state index >= 15 is 0 Å². The fourth-order valence-electron chi connectivity index (χ4n) is 7.40. The molecule has 422 valence electrons. The van der Waals surface area contributed by atoms with Crippen LogP contribution in [0.15, 0.2) is 75.8 Å². The number of aliphatic carboxylic acids is 1. The number of rotatable bonds is 33. The largest absolute Gasteiger partial charge is 0.480 e. The Morgan fingerprint density at radius 2 is 1.06 bits per heavy atom. The number of halogens is 1. The number of amides is 7. The van der Waals surface area contributed by atoms with Crippen LogP contribution in [0.4, 0.5) is 0 Å². The van der Waals surface area contributed by atoms with Crippen LogP contribution in [0.5, 0.6) is 0 Å². The first-order valence-electron chi connectivity index (χ1n) is 24.2. The van der Waals surface area contributed by atoms with Crippen molar-refractivity contribution >= 4 is 117 Å². The van der Waals surface area contributed by atoms with E-state index in [1.54, 1.807) is 54.7 Å². The van der Waals surface area contributed by atoms with Crippen molar-refractivity contribution < 1.29 is 43.5 Å². The molecule has 0 bridgehead atoms. The Labute approximate surface area is 464 Å². The number of alkyl halides is 1. The Kier molecular flexibility index (Phi) is 27.4. The predicted octanol–water partition coefficient (Wildman–Crippen LogP) is -3.83. The van der Waals surface area contributed by atoms with Crippen LogP contribution < -0.4 is 77.4 Å². The second-order valence-corrected chi connectivity index (χ2v) is 19.7. The summed E-state index contributed by atoms with van der Waals surface area (Å²) in [6, 6.07) is 5.14. The number of aromatic nitrogens is 1. The van der Waals surface area contributed by atoms with Crippen LogP contribution in [0.1, 0.15) is 50.2 Å². The Morgan fingerprint density at radius 1 is 0.584 bits per heavy atom. The van der Waals surface area contributed by atoms with Crippen molar-refractivity contribution in [3.05, 3.63) is 71.9 Å². The van der Waals surface area contributed by atoms with Gasteiger partial charge in [0.05, 0.1) is 12.6 Å². The number of carboxylic acids is 1. The predicted molar refractivity (Wildman–Crippen MR) is 302 cm³/mol. The van der Waals surface area contributed by atoms with Crippen LogP contribution in [0.3, 0.4) is 0 Å². The van der Waals surface area contributed by atoms with E-state index in [1.807, 2.05) is 6.07 Å². The molecule has 0 aliphatic heterocycles. The third kappa shape index (κ3) is 22.8. The van der Waals surface area contributed by atoms with Crippen LogP contribution in [0, 0.1) is 0 Å². The molecule has 1 heterocycles. The normalized spacial score (nSPS) is 14.5. The summed E-state index contributed by atoms with van der Waals surface area (Å²) in [5.41, 5.74) is 40.8. The molecule has 30 heteroatoms. The smallest absolute Gasteiger partial charge is 0.327 e. The molecule has 0 aliphatic carbocycles. The number of thiol groups is 2. The molecule has 0 fully saturated rings. The maximum Gasteiger partial charge on any atom is 0.327 e. The lowest BCUT2D eigenvalue weighted by Gasteiger charge is -2.28. The highest BCUT2D eigenvalue weighted by atomic mass is 79.9. The van der Waals surface area contributed by atoms with Crippen molar-refractivity contribution in [3.8, 4) is 0 Å². The molecule has 0 radical (unpaired) electrons. The Bertz CT molecular complexity index is 2560. The molecule has 2 aromatic carbocycles. The highest BCUT2D eigenvalue weighted by molar-refractivity contribution is 9.09. The minimum absolute atomic E-state index is 0.0389. The van der Waals surface area contributed by atoms with Gasteiger partial charge in [-0.15, -0.1) is 0 Å². The first-order chi connectivity index (χ1) is 36.5. The lowest BCUT2D eigenvalue weighted by atomic mass is 10.0. The van der Waals surface area contributed by atoms with Crippen LogP contribution in [0.25, 0.3) is 10.9 Å². The molecule has 0 saturated heterocycles. The highest BCUT2D eigenvalue weighted by Gasteiger charge is 2.35. The summed E-state index contributed by atoms with van der Waals surface area (Å²) in [5.74, 6) is -8.14. The summed E-state index contributed by atoms with van der Waals surface area (Å²) in [7, 11) is 0. The molecule has 1 aromatic heterocycles. The van der Waals surface area contributed by atoms with Gasteiger partial charge in [-0.3, -0.25) is 48.5 Å². The molecule has 3 aromatic rings. The van der Waals surface area contributed by atoms with Gasteiger partial charge in [-0.05, 0) is 56.2 Å². The number of para-hydroxylation sites is 1. The number of aromatic amines is 1. The van der Waals surface area contributed by atoms with Crippen molar-refractivity contribution in [1.29, 1.82) is 0 Å². The number of nitrogens with one attached hydrogen (secondary N) is 8. The zero-order chi connectivity index (χ0) is 57.2. The number of benzene rings is 2. The first kappa shape index (κ1) is 64.0. The van der Waals surface area contributed by atoms with Crippen molar-refractivity contribution in [2.75, 3.05) is 31.1 Å². The Hall–Kier alpha value is -7.31. The van der Waals surface area contributed by atoms with Gasteiger partial charge in [-0.25, -0.2) is 4.79 Å². The van der Waals surface area contributed by atoms with E-state index in [1.165, 1.54) is 6.92 Å². The summed E-state index contributed by atoms with van der Waals surface area (Å²) in [6.07, 6.45) is 1.84. The van der Waals surface area contributed by atoms with E-state index in [2.05, 4.69) is 98.4 Å². The lowest BCUT2D eigenvalue weighted by molar-refractivity contribution is -0.141. The molecule has 0 spiro atoms. The second kappa shape index (κ2) is 33.0. The van der Waals surface area contributed by atoms with E-state index in [-0.39, 0.29) is 87.5 Å². The van der Waals surface area contributed by atoms with Gasteiger partial charge in [0.25, 0.3) is 0 Å². The third-order valence-corrected chi connectivity index (χ3v) is 12.9. The quantitative estimate of drug-likeness (QED) is 0.00914. The van der Waals surface area contributed by atoms with Crippen molar-refractivity contribution in [3.63, 3.8) is 0 Å². The SMILES string of the molecule is C[C@@H](NC(=O)[C@H](CS)NC(=O)[C@@H](N)CCCN=C(N)N)C(=O)N[C@@H](CCCN=C(N)N)C(=O)N[C@@H](Cc1ccccc1)C(=O)N[C@@H](CC(Br)CN=C(N)N)C(=O)N[C@H](Cc1c[nH]c2ccccc12)C(=O)N[C@@H](CS)C(=O)O. The average Bonchev–Trinajstić information content (AvgIpc) is 3.79. The average molecular weight is 1180 g/mol. The van der Waals surface area contributed by atoms with Gasteiger partial charge in [0, 0.05) is 59.4 Å². The van der Waals surface area contributed by atoms with E-state index in [0.29, 0.717) is 17.5 Å². The molecule has 0 saturated carbocycles. The minimum atomic E-state index is -1.47. The number of nitrogens with zero attached hydrogens (tertiary/aromatic N) is 3.